The van der Waals surface area contributed by atoms with Crippen LogP contribution in [0.1, 0.15) is 5.56 Å². The van der Waals surface area contributed by atoms with Gasteiger partial charge in [0.15, 0.2) is 35.7 Å². The highest BCUT2D eigenvalue weighted by Gasteiger charge is 2.47. The molecule has 2 saturated heterocycles. The summed E-state index contributed by atoms with van der Waals surface area (Å²) in [6, 6.07) is 2.87. The molecule has 0 unspecified atom stereocenters. The summed E-state index contributed by atoms with van der Waals surface area (Å²) in [4.78, 5) is 12.7. The lowest BCUT2D eigenvalue weighted by Gasteiger charge is -2.40. The highest BCUT2D eigenvalue weighted by Crippen LogP contribution is 2.44. The van der Waals surface area contributed by atoms with Gasteiger partial charge in [-0.1, -0.05) is 0 Å². The van der Waals surface area contributed by atoms with Gasteiger partial charge in [-0.2, -0.15) is 0 Å². The van der Waals surface area contributed by atoms with E-state index in [2.05, 4.69) is 0 Å². The van der Waals surface area contributed by atoms with Gasteiger partial charge in [-0.15, -0.1) is 0 Å². The van der Waals surface area contributed by atoms with E-state index in [-0.39, 0.29) is 51.4 Å². The number of ether oxygens (including phenoxy) is 8. The summed E-state index contributed by atoms with van der Waals surface area (Å²) in [7, 11) is 3.92. The Hall–Kier alpha value is -3.75. The van der Waals surface area contributed by atoms with E-state index in [1.54, 1.807) is 0 Å². The molecule has 10 atom stereocenters. The Morgan fingerprint density at radius 3 is 1.85 bits per heavy atom. The number of methoxy groups -OCH3 is 3. The van der Waals surface area contributed by atoms with Crippen LogP contribution in [-0.4, -0.2) is 143 Å². The zero-order valence-electron chi connectivity index (χ0n) is 25.4. The quantitative estimate of drug-likeness (QED) is 0.130. The molecule has 1 aromatic carbocycles. The Bertz CT molecular complexity index is 1440. The third-order valence-electron chi connectivity index (χ3n) is 7.95. The molecule has 3 aliphatic heterocycles. The fraction of sp³-hybridized carbons (Fsp3) is 0.500. The molecular formula is C30H37O17+. The predicted octanol–water partition coefficient (Wildman–Crippen LogP) is -2.95. The third-order valence-corrected chi connectivity index (χ3v) is 7.95. The molecule has 0 spiro atoms. The molecule has 0 radical (unpaired) electrons. The van der Waals surface area contributed by atoms with Crippen LogP contribution in [-0.2, 0) is 28.5 Å². The van der Waals surface area contributed by atoms with Gasteiger partial charge in [-0.05, 0) is 18.2 Å². The lowest BCUT2D eigenvalue weighted by atomic mass is 9.98. The number of aliphatic hydroxyl groups excluding tert-OH is 7. The van der Waals surface area contributed by atoms with E-state index in [4.69, 9.17) is 43.0 Å². The number of carbonyl (C=O) groups excluding carboxylic acids is 1. The first-order chi connectivity index (χ1) is 22.4. The molecule has 0 amide bonds. The Morgan fingerprint density at radius 1 is 0.723 bits per heavy atom. The number of Topliss-reactive ketones (excluding diaryl/α,β-unsaturated/α-hetero) is 1. The molecule has 2 fully saturated rings. The number of rotatable bonds is 9. The molecule has 47 heavy (non-hydrogen) atoms. The molecule has 9 N–H and O–H groups in total. The molecule has 4 aliphatic rings. The van der Waals surface area contributed by atoms with Crippen molar-refractivity contribution in [1.29, 1.82) is 0 Å². The van der Waals surface area contributed by atoms with Crippen molar-refractivity contribution in [2.75, 3.05) is 34.5 Å². The number of carbonyl (C=O) groups is 1. The second-order valence-corrected chi connectivity index (χ2v) is 10.8. The second-order valence-electron chi connectivity index (χ2n) is 10.8. The maximum Gasteiger partial charge on any atom is 0.261 e. The average Bonchev–Trinajstić information content (AvgIpc) is 3.08. The first-order valence-corrected chi connectivity index (χ1v) is 14.4. The third kappa shape index (κ3) is 6.55. The van der Waals surface area contributed by atoms with Crippen LogP contribution in [0.5, 0.6) is 17.2 Å². The van der Waals surface area contributed by atoms with Crippen molar-refractivity contribution in [2.45, 2.75) is 61.4 Å². The Morgan fingerprint density at radius 2 is 1.30 bits per heavy atom. The van der Waals surface area contributed by atoms with E-state index in [1.165, 1.54) is 51.7 Å². The van der Waals surface area contributed by atoms with Crippen LogP contribution in [0, 0.1) is 0 Å². The van der Waals surface area contributed by atoms with Gasteiger partial charge in [-0.3, -0.25) is 4.79 Å². The predicted molar refractivity (Wildman–Crippen MR) is 154 cm³/mol. The standard InChI is InChI=1S/C30H36O17/c1-40-12-6-14-13(15(7-12)44-29-26(38)24(36)22(34)19(9-31)46-29)8-18(45-30-27(39)25(37)23(35)20(10-32)47-30)28(43-14)11-4-16(41-2)21(33)17(5-11)42-3/h4-8,19-20,22-27,29-32,34-39H,9-10H2,1-3H3/p+1/t19-,20-,22-,23-,24+,25+,26-,27-,29-,30-/m1/s1. The van der Waals surface area contributed by atoms with Crippen molar-refractivity contribution in [3.63, 3.8) is 0 Å². The molecule has 258 valence electrons. The summed E-state index contributed by atoms with van der Waals surface area (Å²) in [6.45, 7) is -1.17. The molecule has 17 nitrogen and oxygen atoms in total. The lowest BCUT2D eigenvalue weighted by molar-refractivity contribution is -0.291. The number of hydrogen-bond donors (Lipinski definition) is 7. The average molecular weight is 670 g/mol. The zero-order chi connectivity index (χ0) is 34.2. The van der Waals surface area contributed by atoms with Crippen molar-refractivity contribution < 1.29 is 83.5 Å². The van der Waals surface area contributed by atoms with Gasteiger partial charge in [0, 0.05) is 17.7 Å². The Labute approximate surface area is 267 Å². The number of fused-ring (bicyclic) bond motifs is 1. The molecule has 0 saturated carbocycles. The number of ketones is 1. The smallest absolute Gasteiger partial charge is 0.261 e. The van der Waals surface area contributed by atoms with Gasteiger partial charge in [0.2, 0.25) is 12.6 Å². The fourth-order valence-corrected chi connectivity index (χ4v) is 5.27. The van der Waals surface area contributed by atoms with E-state index in [1.807, 2.05) is 0 Å². The minimum Gasteiger partial charge on any atom is -0.496 e. The zero-order valence-corrected chi connectivity index (χ0v) is 25.4. The molecule has 17 heteroatoms. The molecule has 1 aliphatic carbocycles. The highest BCUT2D eigenvalue weighted by atomic mass is 16.7. The van der Waals surface area contributed by atoms with E-state index >= 15 is 0 Å². The SMILES string of the molecule is COC1=CC(=C2Oc3cc(OC)cc(O[C@@H]4O[C@H](C[OH2+])[C@@H](O)[C@H](O)[C@H]4O)c3C=C2O[C@@H]2O[C@H](CO)[C@@H](O)[C@H](O)[C@H]2O)C=C(OC)C1=O. The molecule has 0 aromatic heterocycles. The van der Waals surface area contributed by atoms with Crippen LogP contribution in [0.2, 0.25) is 0 Å². The van der Waals surface area contributed by atoms with Gasteiger partial charge in [0.25, 0.3) is 5.78 Å². The monoisotopic (exact) mass is 669 g/mol. The molecule has 5 rings (SSSR count). The van der Waals surface area contributed by atoms with Crippen LogP contribution in [0.4, 0.5) is 0 Å². The first-order valence-electron chi connectivity index (χ1n) is 14.4. The largest absolute Gasteiger partial charge is 0.496 e. The van der Waals surface area contributed by atoms with Crippen molar-refractivity contribution in [1.82, 2.24) is 0 Å². The molecular weight excluding hydrogens is 632 g/mol. The number of aliphatic hydroxyl groups is 7. The number of allylic oxidation sites excluding steroid dienone is 3. The maximum atomic E-state index is 12.7. The van der Waals surface area contributed by atoms with Gasteiger partial charge in [-0.25, -0.2) is 0 Å². The Balaban J connectivity index is 1.63. The summed E-state index contributed by atoms with van der Waals surface area (Å²) >= 11 is 0. The lowest BCUT2D eigenvalue weighted by Crippen LogP contribution is -2.60. The summed E-state index contributed by atoms with van der Waals surface area (Å²) in [5.74, 6) is -0.795. The van der Waals surface area contributed by atoms with Crippen LogP contribution in [0.15, 0.2) is 52.9 Å². The van der Waals surface area contributed by atoms with Gasteiger partial charge in [0.05, 0.1) is 33.5 Å². The van der Waals surface area contributed by atoms with Crippen LogP contribution < -0.4 is 14.2 Å². The molecule has 3 heterocycles. The van der Waals surface area contributed by atoms with Crippen molar-refractivity contribution in [3.05, 3.63) is 58.5 Å². The second kappa shape index (κ2) is 14.2. The van der Waals surface area contributed by atoms with Crippen LogP contribution in [0.3, 0.4) is 0 Å². The highest BCUT2D eigenvalue weighted by molar-refractivity contribution is 6.07. The van der Waals surface area contributed by atoms with Gasteiger partial charge < -0.3 is 78.7 Å². The van der Waals surface area contributed by atoms with E-state index in [9.17, 15) is 40.5 Å². The van der Waals surface area contributed by atoms with Crippen molar-refractivity contribution in [3.8, 4) is 17.2 Å². The van der Waals surface area contributed by atoms with Crippen molar-refractivity contribution in [2.24, 2.45) is 0 Å². The number of benzene rings is 1. The van der Waals surface area contributed by atoms with Gasteiger partial charge >= 0.3 is 0 Å². The van der Waals surface area contributed by atoms with E-state index < -0.39 is 80.4 Å². The van der Waals surface area contributed by atoms with Crippen molar-refractivity contribution >= 4 is 11.9 Å². The first kappa shape index (κ1) is 34.6. The molecule has 1 aromatic rings. The topological polar surface area (TPSA) is 255 Å². The maximum absolute atomic E-state index is 12.7. The van der Waals surface area contributed by atoms with E-state index in [0.29, 0.717) is 0 Å². The minimum atomic E-state index is -1.81. The minimum absolute atomic E-state index is 0.0465. The fourth-order valence-electron chi connectivity index (χ4n) is 5.27. The van der Waals surface area contributed by atoms with Crippen LogP contribution in [0.25, 0.3) is 6.08 Å². The summed E-state index contributed by atoms with van der Waals surface area (Å²) in [5.41, 5.74) is 0.332. The molecule has 0 bridgehead atoms. The Kier molecular flexibility index (Phi) is 10.4. The summed E-state index contributed by atoms with van der Waals surface area (Å²) in [5, 5.41) is 79.9. The van der Waals surface area contributed by atoms with Gasteiger partial charge in [0.1, 0.15) is 60.0 Å². The van der Waals surface area contributed by atoms with E-state index in [0.717, 1.165) is 0 Å². The summed E-state index contributed by atoms with van der Waals surface area (Å²) < 4.78 is 45.2. The number of hydrogen-bond acceptors (Lipinski definition) is 16. The van der Waals surface area contributed by atoms with Crippen LogP contribution >= 0.6 is 0 Å². The summed E-state index contributed by atoms with van der Waals surface area (Å²) in [6.07, 6.45) is -11.9. The normalized spacial score (nSPS) is 33.9.